The average molecular weight is 550 g/mol. The molecule has 0 aliphatic rings. The quantitative estimate of drug-likeness (QED) is 0.330. The number of thiophene rings is 1. The molecule has 1 aromatic heterocycles. The van der Waals surface area contributed by atoms with Gasteiger partial charge in [0.2, 0.25) is 0 Å². The van der Waals surface area contributed by atoms with E-state index in [-0.39, 0.29) is 16.5 Å². The van der Waals surface area contributed by atoms with E-state index in [2.05, 4.69) is 130 Å². The fourth-order valence-corrected chi connectivity index (χ4v) is 7.98. The molecule has 0 aliphatic carbocycles. The predicted molar refractivity (Wildman–Crippen MR) is 174 cm³/mol. The highest BCUT2D eigenvalue weighted by molar-refractivity contribution is 7.12. The average Bonchev–Trinajstić information content (AvgIpc) is 3.07. The highest BCUT2D eigenvalue weighted by Crippen LogP contribution is 2.55. The molecular weight excluding hydrogens is 494 g/mol. The van der Waals surface area contributed by atoms with E-state index in [1.54, 1.807) is 0 Å². The van der Waals surface area contributed by atoms with Crippen LogP contribution in [-0.2, 0) is 5.60 Å². The number of aryl methyl sites for hydroxylation is 4. The van der Waals surface area contributed by atoms with Gasteiger partial charge >= 0.3 is 0 Å². The van der Waals surface area contributed by atoms with Crippen LogP contribution in [0.4, 0.5) is 0 Å². The molecule has 39 heavy (non-hydrogen) atoms. The molecule has 1 heterocycles. The Balaban J connectivity index is 2.50. The molecule has 216 valence electrons. The third-order valence-corrected chi connectivity index (χ3v) is 12.1. The number of hydrogen-bond donors (Lipinski definition) is 1. The first-order valence-electron chi connectivity index (χ1n) is 14.6. The van der Waals surface area contributed by atoms with E-state index >= 15 is 0 Å². The van der Waals surface area contributed by atoms with Gasteiger partial charge in [-0.3, -0.25) is 0 Å². The van der Waals surface area contributed by atoms with E-state index < -0.39 is 5.60 Å². The molecule has 3 aromatic rings. The molecule has 1 N–H and O–H groups in total. The lowest BCUT2D eigenvalue weighted by molar-refractivity contribution is -0.0831. The normalized spacial score (nSPS) is 14.7. The third kappa shape index (κ3) is 4.86. The van der Waals surface area contributed by atoms with Gasteiger partial charge in [0.25, 0.3) is 0 Å². The minimum Gasteiger partial charge on any atom is -0.480 e. The molecule has 0 unspecified atom stereocenters. The molecular formula is C36H55NOS. The summed E-state index contributed by atoms with van der Waals surface area (Å²) in [6.45, 7) is 41.3. The van der Waals surface area contributed by atoms with Crippen LogP contribution in [0.1, 0.15) is 115 Å². The lowest BCUT2D eigenvalue weighted by Gasteiger charge is -2.55. The van der Waals surface area contributed by atoms with Crippen molar-refractivity contribution < 1.29 is 4.74 Å². The molecule has 2 nitrogen and oxygen atoms in total. The first kappa shape index (κ1) is 31.7. The Labute approximate surface area is 244 Å². The van der Waals surface area contributed by atoms with Gasteiger partial charge in [-0.05, 0) is 166 Å². The second kappa shape index (κ2) is 9.91. The summed E-state index contributed by atoms with van der Waals surface area (Å²) in [4.78, 5) is 2.70. The summed E-state index contributed by atoms with van der Waals surface area (Å²) < 4.78 is 7.68. The van der Waals surface area contributed by atoms with Gasteiger partial charge in [-0.15, -0.1) is 11.3 Å². The molecule has 0 fully saturated rings. The summed E-state index contributed by atoms with van der Waals surface area (Å²) in [5.41, 5.74) is 11.0. The zero-order valence-corrected chi connectivity index (χ0v) is 29.1. The zero-order valence-electron chi connectivity index (χ0n) is 28.3. The fourth-order valence-electron chi connectivity index (χ4n) is 6.57. The van der Waals surface area contributed by atoms with Gasteiger partial charge in [0.1, 0.15) is 11.4 Å². The Morgan fingerprint density at radius 3 is 1.36 bits per heavy atom. The van der Waals surface area contributed by atoms with Crippen LogP contribution in [-0.4, -0.2) is 11.1 Å². The van der Waals surface area contributed by atoms with Crippen molar-refractivity contribution in [2.24, 2.45) is 5.41 Å². The minimum atomic E-state index is -0.596. The second-order valence-corrected chi connectivity index (χ2v) is 15.7. The van der Waals surface area contributed by atoms with E-state index in [0.717, 1.165) is 5.75 Å². The van der Waals surface area contributed by atoms with Gasteiger partial charge in [0, 0.05) is 26.8 Å². The maximum atomic E-state index is 7.68. The van der Waals surface area contributed by atoms with Crippen LogP contribution in [0.3, 0.4) is 0 Å². The number of hydrogen-bond acceptors (Lipinski definition) is 3. The highest BCUT2D eigenvalue weighted by atomic mass is 32.1. The van der Waals surface area contributed by atoms with Crippen LogP contribution >= 0.6 is 11.3 Å². The van der Waals surface area contributed by atoms with E-state index in [0.29, 0.717) is 0 Å². The van der Waals surface area contributed by atoms with Crippen LogP contribution in [0, 0.1) is 74.7 Å². The number of fused-ring (bicyclic) bond motifs is 1. The van der Waals surface area contributed by atoms with E-state index in [4.69, 9.17) is 4.74 Å². The molecule has 0 radical (unpaired) electrons. The first-order chi connectivity index (χ1) is 17.5. The molecule has 0 aliphatic heterocycles. The maximum Gasteiger partial charge on any atom is 0.147 e. The lowest BCUT2D eigenvalue weighted by Crippen LogP contribution is -2.65. The summed E-state index contributed by atoms with van der Waals surface area (Å²) in [7, 11) is 0. The Bertz CT molecular complexity index is 1440. The van der Waals surface area contributed by atoms with Crippen LogP contribution in [0.5, 0.6) is 5.75 Å². The molecule has 0 bridgehead atoms. The Morgan fingerprint density at radius 2 is 0.949 bits per heavy atom. The van der Waals surface area contributed by atoms with Crippen molar-refractivity contribution in [1.29, 1.82) is 0 Å². The van der Waals surface area contributed by atoms with Crippen molar-refractivity contribution in [2.45, 2.75) is 141 Å². The van der Waals surface area contributed by atoms with Crippen LogP contribution in [0.15, 0.2) is 0 Å². The molecule has 0 saturated heterocycles. The largest absolute Gasteiger partial charge is 0.480 e. The van der Waals surface area contributed by atoms with Gasteiger partial charge in [0.05, 0.1) is 4.88 Å². The predicted octanol–water partition coefficient (Wildman–Crippen LogP) is 10.5. The maximum absolute atomic E-state index is 7.68. The smallest absolute Gasteiger partial charge is 0.147 e. The minimum absolute atomic E-state index is 0.0383. The van der Waals surface area contributed by atoms with Crippen molar-refractivity contribution in [3.05, 3.63) is 59.8 Å². The van der Waals surface area contributed by atoms with Crippen LogP contribution < -0.4 is 10.1 Å². The lowest BCUT2D eigenvalue weighted by atomic mass is 9.62. The van der Waals surface area contributed by atoms with Crippen LogP contribution in [0.2, 0.25) is 0 Å². The SMILES string of the molecule is Cc1sc([C@@](C)(Oc2c(C)c(C)c(C)c3c(C)c(C)c(C)c(C)c23)C(C)(C)C(C)(C)NC(C)(C)C)c(C)c1C. The van der Waals surface area contributed by atoms with Crippen molar-refractivity contribution in [1.82, 2.24) is 5.32 Å². The van der Waals surface area contributed by atoms with Gasteiger partial charge in [-0.25, -0.2) is 0 Å². The van der Waals surface area contributed by atoms with Gasteiger partial charge in [0.15, 0.2) is 0 Å². The van der Waals surface area contributed by atoms with Gasteiger partial charge < -0.3 is 10.1 Å². The van der Waals surface area contributed by atoms with Crippen molar-refractivity contribution in [3.8, 4) is 5.75 Å². The standard InChI is InChI=1S/C36H55NOS/c1-19-20(2)25(7)30-29(23(19)5)24(6)21(3)26(8)31(30)38-36(18,32-27(9)22(4)28(10)39-32)34(14,15)35(16,17)37-33(11,12)13/h37H,1-18H3/t36-/m1/s1. The first-order valence-corrected chi connectivity index (χ1v) is 15.4. The fraction of sp³-hybridized carbons (Fsp3) is 0.611. The van der Waals surface area contributed by atoms with E-state index in [1.807, 2.05) is 11.3 Å². The molecule has 0 amide bonds. The molecule has 3 heteroatoms. The summed E-state index contributed by atoms with van der Waals surface area (Å²) in [5, 5.41) is 6.61. The van der Waals surface area contributed by atoms with Crippen molar-refractivity contribution in [3.63, 3.8) is 0 Å². The Morgan fingerprint density at radius 1 is 0.513 bits per heavy atom. The Hall–Kier alpha value is -1.84. The second-order valence-electron chi connectivity index (χ2n) is 14.5. The summed E-state index contributed by atoms with van der Waals surface area (Å²) in [6, 6.07) is 0. The molecule has 0 spiro atoms. The van der Waals surface area contributed by atoms with Crippen molar-refractivity contribution >= 4 is 22.1 Å². The number of rotatable bonds is 6. The molecule has 2 aromatic carbocycles. The monoisotopic (exact) mass is 549 g/mol. The van der Waals surface area contributed by atoms with E-state index in [1.165, 1.54) is 70.6 Å². The summed E-state index contributed by atoms with van der Waals surface area (Å²) >= 11 is 1.91. The number of ether oxygens (including phenoxy) is 1. The molecule has 0 saturated carbocycles. The molecule has 1 atom stereocenters. The van der Waals surface area contributed by atoms with Crippen LogP contribution in [0.25, 0.3) is 10.8 Å². The molecule has 3 rings (SSSR count). The summed E-state index contributed by atoms with van der Waals surface area (Å²) in [5.74, 6) is 1.04. The van der Waals surface area contributed by atoms with Gasteiger partial charge in [-0.1, -0.05) is 13.8 Å². The zero-order chi connectivity index (χ0) is 30.2. The van der Waals surface area contributed by atoms with Crippen molar-refractivity contribution in [2.75, 3.05) is 0 Å². The summed E-state index contributed by atoms with van der Waals surface area (Å²) in [6.07, 6.45) is 0. The Kier molecular flexibility index (Phi) is 8.05. The van der Waals surface area contributed by atoms with Gasteiger partial charge in [-0.2, -0.15) is 0 Å². The number of benzene rings is 2. The third-order valence-electron chi connectivity index (χ3n) is 10.6. The highest BCUT2D eigenvalue weighted by Gasteiger charge is 2.56. The topological polar surface area (TPSA) is 21.3 Å². The number of nitrogens with one attached hydrogen (secondary N) is 1. The van der Waals surface area contributed by atoms with E-state index in [9.17, 15) is 0 Å².